The Labute approximate surface area is 190 Å². The molecule has 1 saturated heterocycles. The van der Waals surface area contributed by atoms with E-state index in [0.29, 0.717) is 23.2 Å². The minimum absolute atomic E-state index is 0.403. The van der Waals surface area contributed by atoms with Crippen molar-refractivity contribution in [2.75, 3.05) is 31.1 Å². The van der Waals surface area contributed by atoms with Crippen LogP contribution in [0, 0.1) is 17.3 Å². The Morgan fingerprint density at radius 1 is 0.871 bits per heavy atom. The lowest BCUT2D eigenvalue weighted by Crippen LogP contribution is -2.49. The SMILES string of the molecule is CC(C)(C)C1CCC(c2ccccc2N2CCN(C(=O)CC3CCCCC3)CC2)CC1. The molecule has 2 aliphatic carbocycles. The van der Waals surface area contributed by atoms with Gasteiger partial charge in [0.15, 0.2) is 0 Å². The highest BCUT2D eigenvalue weighted by atomic mass is 16.2. The van der Waals surface area contributed by atoms with Crippen molar-refractivity contribution in [3.8, 4) is 0 Å². The highest BCUT2D eigenvalue weighted by Crippen LogP contribution is 2.45. The number of anilines is 1. The van der Waals surface area contributed by atoms with Crippen LogP contribution in [0.4, 0.5) is 5.69 Å². The third-order valence-electron chi connectivity index (χ3n) is 8.49. The van der Waals surface area contributed by atoms with Gasteiger partial charge >= 0.3 is 0 Å². The summed E-state index contributed by atoms with van der Waals surface area (Å²) in [5.41, 5.74) is 3.42. The van der Waals surface area contributed by atoms with E-state index in [-0.39, 0.29) is 0 Å². The smallest absolute Gasteiger partial charge is 0.222 e. The predicted octanol–water partition coefficient (Wildman–Crippen LogP) is 6.63. The summed E-state index contributed by atoms with van der Waals surface area (Å²) in [7, 11) is 0. The van der Waals surface area contributed by atoms with Crippen molar-refractivity contribution in [3.05, 3.63) is 29.8 Å². The van der Waals surface area contributed by atoms with E-state index >= 15 is 0 Å². The van der Waals surface area contributed by atoms with Crippen LogP contribution in [-0.2, 0) is 4.79 Å². The average molecular weight is 425 g/mol. The first-order valence-electron chi connectivity index (χ1n) is 13.0. The van der Waals surface area contributed by atoms with Crippen LogP contribution in [0.1, 0.15) is 96.5 Å². The Hall–Kier alpha value is -1.51. The Morgan fingerprint density at radius 2 is 1.52 bits per heavy atom. The molecule has 0 bridgehead atoms. The second-order valence-electron chi connectivity index (χ2n) is 11.5. The maximum atomic E-state index is 12.8. The first-order chi connectivity index (χ1) is 14.9. The standard InChI is InChI=1S/C28H44N2O/c1-28(2,3)24-15-13-23(14-16-24)25-11-7-8-12-26(25)29-17-19-30(20-18-29)27(31)21-22-9-5-4-6-10-22/h7-8,11-12,22-24H,4-6,9-10,13-21H2,1-3H3. The molecule has 1 aromatic carbocycles. The fraction of sp³-hybridized carbons (Fsp3) is 0.750. The van der Waals surface area contributed by atoms with Gasteiger partial charge in [0, 0.05) is 38.3 Å². The van der Waals surface area contributed by atoms with Crippen LogP contribution in [0.25, 0.3) is 0 Å². The number of carbonyl (C=O) groups is 1. The molecule has 1 aromatic rings. The summed E-state index contributed by atoms with van der Waals surface area (Å²) in [5.74, 6) is 2.60. The van der Waals surface area contributed by atoms with Gasteiger partial charge in [0.2, 0.25) is 5.91 Å². The molecule has 3 nitrogen and oxygen atoms in total. The number of benzene rings is 1. The molecule has 31 heavy (non-hydrogen) atoms. The molecule has 0 unspecified atom stereocenters. The van der Waals surface area contributed by atoms with Crippen molar-refractivity contribution in [2.24, 2.45) is 17.3 Å². The molecule has 172 valence electrons. The fourth-order valence-corrected chi connectivity index (χ4v) is 6.36. The Kier molecular flexibility index (Phi) is 7.29. The first kappa shape index (κ1) is 22.7. The molecule has 2 saturated carbocycles. The van der Waals surface area contributed by atoms with Gasteiger partial charge in [0.1, 0.15) is 0 Å². The normalized spacial score (nSPS) is 26.2. The topological polar surface area (TPSA) is 23.6 Å². The van der Waals surface area contributed by atoms with Crippen molar-refractivity contribution in [1.29, 1.82) is 0 Å². The highest BCUT2D eigenvalue weighted by Gasteiger charge is 2.32. The molecule has 0 spiro atoms. The second kappa shape index (κ2) is 9.96. The Balaban J connectivity index is 1.33. The van der Waals surface area contributed by atoms with Crippen molar-refractivity contribution in [3.63, 3.8) is 0 Å². The van der Waals surface area contributed by atoms with Gasteiger partial charge in [-0.2, -0.15) is 0 Å². The van der Waals surface area contributed by atoms with Crippen LogP contribution in [0.15, 0.2) is 24.3 Å². The summed E-state index contributed by atoms with van der Waals surface area (Å²) >= 11 is 0. The van der Waals surface area contributed by atoms with E-state index < -0.39 is 0 Å². The molecule has 3 aliphatic rings. The zero-order valence-electron chi connectivity index (χ0n) is 20.2. The molecular weight excluding hydrogens is 380 g/mol. The molecule has 1 amide bonds. The van der Waals surface area contributed by atoms with E-state index in [9.17, 15) is 4.79 Å². The van der Waals surface area contributed by atoms with Gasteiger partial charge in [-0.15, -0.1) is 0 Å². The summed E-state index contributed by atoms with van der Waals surface area (Å²) in [6, 6.07) is 9.11. The van der Waals surface area contributed by atoms with Gasteiger partial charge in [0.25, 0.3) is 0 Å². The van der Waals surface area contributed by atoms with Crippen LogP contribution in [-0.4, -0.2) is 37.0 Å². The van der Waals surface area contributed by atoms with Gasteiger partial charge in [-0.1, -0.05) is 58.2 Å². The molecular formula is C28H44N2O. The average Bonchev–Trinajstić information content (AvgIpc) is 2.79. The molecule has 4 rings (SSSR count). The summed E-state index contributed by atoms with van der Waals surface area (Å²) in [5, 5.41) is 0. The molecule has 0 aromatic heterocycles. The van der Waals surface area contributed by atoms with Crippen molar-refractivity contribution in [1.82, 2.24) is 4.90 Å². The molecule has 0 N–H and O–H groups in total. The van der Waals surface area contributed by atoms with Crippen molar-refractivity contribution >= 4 is 11.6 Å². The maximum absolute atomic E-state index is 12.8. The maximum Gasteiger partial charge on any atom is 0.222 e. The van der Waals surface area contributed by atoms with E-state index in [1.807, 2.05) is 0 Å². The van der Waals surface area contributed by atoms with Gasteiger partial charge in [-0.25, -0.2) is 0 Å². The van der Waals surface area contributed by atoms with Gasteiger partial charge in [-0.3, -0.25) is 4.79 Å². The molecule has 0 radical (unpaired) electrons. The number of hydrogen-bond acceptors (Lipinski definition) is 2. The number of amides is 1. The van der Waals surface area contributed by atoms with E-state index in [4.69, 9.17) is 0 Å². The zero-order valence-corrected chi connectivity index (χ0v) is 20.2. The Morgan fingerprint density at radius 3 is 2.16 bits per heavy atom. The lowest BCUT2D eigenvalue weighted by Gasteiger charge is -2.40. The van der Waals surface area contributed by atoms with Gasteiger partial charge < -0.3 is 9.80 Å². The summed E-state index contributed by atoms with van der Waals surface area (Å²) in [6.07, 6.45) is 12.6. The van der Waals surface area contributed by atoms with Crippen LogP contribution in [0.3, 0.4) is 0 Å². The molecule has 1 heterocycles. The quantitative estimate of drug-likeness (QED) is 0.542. The fourth-order valence-electron chi connectivity index (χ4n) is 6.36. The van der Waals surface area contributed by atoms with Crippen molar-refractivity contribution in [2.45, 2.75) is 90.9 Å². The van der Waals surface area contributed by atoms with E-state index in [0.717, 1.165) is 38.5 Å². The third-order valence-corrected chi connectivity index (χ3v) is 8.49. The summed E-state index contributed by atoms with van der Waals surface area (Å²) in [6.45, 7) is 10.9. The predicted molar refractivity (Wildman–Crippen MR) is 131 cm³/mol. The summed E-state index contributed by atoms with van der Waals surface area (Å²) in [4.78, 5) is 17.5. The lowest BCUT2D eigenvalue weighted by atomic mass is 9.68. The number of para-hydroxylation sites is 1. The minimum Gasteiger partial charge on any atom is -0.368 e. The largest absolute Gasteiger partial charge is 0.368 e. The van der Waals surface area contributed by atoms with Crippen LogP contribution >= 0.6 is 0 Å². The monoisotopic (exact) mass is 424 g/mol. The van der Waals surface area contributed by atoms with E-state index in [2.05, 4.69) is 54.8 Å². The van der Waals surface area contributed by atoms with E-state index in [1.165, 1.54) is 63.5 Å². The third kappa shape index (κ3) is 5.65. The zero-order chi connectivity index (χ0) is 21.8. The molecule has 0 atom stereocenters. The van der Waals surface area contributed by atoms with Crippen molar-refractivity contribution < 1.29 is 4.79 Å². The second-order valence-corrected chi connectivity index (χ2v) is 11.5. The summed E-state index contributed by atoms with van der Waals surface area (Å²) < 4.78 is 0. The number of nitrogens with zero attached hydrogens (tertiary/aromatic N) is 2. The lowest BCUT2D eigenvalue weighted by molar-refractivity contribution is -0.132. The van der Waals surface area contributed by atoms with Crippen LogP contribution < -0.4 is 4.90 Å². The van der Waals surface area contributed by atoms with E-state index in [1.54, 1.807) is 5.56 Å². The first-order valence-corrected chi connectivity index (χ1v) is 13.0. The van der Waals surface area contributed by atoms with Gasteiger partial charge in [-0.05, 0) is 73.3 Å². The number of piperazine rings is 1. The molecule has 1 aliphatic heterocycles. The number of rotatable bonds is 4. The number of hydrogen-bond donors (Lipinski definition) is 0. The number of carbonyl (C=O) groups excluding carboxylic acids is 1. The Bertz CT molecular complexity index is 715. The minimum atomic E-state index is 0.403. The highest BCUT2D eigenvalue weighted by molar-refractivity contribution is 5.77. The van der Waals surface area contributed by atoms with Crippen LogP contribution in [0.2, 0.25) is 0 Å². The molecule has 3 heteroatoms. The van der Waals surface area contributed by atoms with Gasteiger partial charge in [0.05, 0.1) is 0 Å². The van der Waals surface area contributed by atoms with Crippen LogP contribution in [0.5, 0.6) is 0 Å². The molecule has 3 fully saturated rings.